The van der Waals surface area contributed by atoms with Gasteiger partial charge in [-0.15, -0.1) is 0 Å². The van der Waals surface area contributed by atoms with Crippen LogP contribution in [0.2, 0.25) is 0 Å². The maximum Gasteiger partial charge on any atom is 0.274 e. The van der Waals surface area contributed by atoms with Gasteiger partial charge in [-0.2, -0.15) is 0 Å². The first kappa shape index (κ1) is 19.0. The van der Waals surface area contributed by atoms with Crippen LogP contribution < -0.4 is 5.32 Å². The van der Waals surface area contributed by atoms with Crippen LogP contribution in [0.3, 0.4) is 0 Å². The molecule has 3 rings (SSSR count). The van der Waals surface area contributed by atoms with E-state index in [0.29, 0.717) is 17.8 Å². The topological polar surface area (TPSA) is 78.7 Å². The van der Waals surface area contributed by atoms with Crippen molar-refractivity contribution in [1.29, 1.82) is 0 Å². The number of hydrogen-bond donors (Lipinski definition) is 1. The van der Waals surface area contributed by atoms with E-state index in [1.807, 2.05) is 18.2 Å². The molecule has 0 atom stereocenters. The molecule has 0 aromatic heterocycles. The van der Waals surface area contributed by atoms with Crippen LogP contribution in [0, 0.1) is 17.0 Å². The van der Waals surface area contributed by atoms with Crippen molar-refractivity contribution in [2.24, 2.45) is 0 Å². The lowest BCUT2D eigenvalue weighted by atomic mass is 10.2. The molecule has 7 nitrogen and oxygen atoms in total. The number of aryl methyl sites for hydroxylation is 1. The molecule has 1 aliphatic heterocycles. The quantitative estimate of drug-likeness (QED) is 0.626. The number of carbonyl (C=O) groups is 1. The van der Waals surface area contributed by atoms with Gasteiger partial charge >= 0.3 is 0 Å². The van der Waals surface area contributed by atoms with Crippen molar-refractivity contribution in [3.8, 4) is 0 Å². The van der Waals surface area contributed by atoms with Gasteiger partial charge in [0.05, 0.1) is 11.5 Å². The normalized spacial score (nSPS) is 15.4. The van der Waals surface area contributed by atoms with Crippen molar-refractivity contribution in [2.75, 3.05) is 38.0 Å². The number of nitrogens with zero attached hydrogens (tertiary/aromatic N) is 3. The molecule has 0 radical (unpaired) electrons. The first-order valence-electron chi connectivity index (χ1n) is 9.05. The number of carbonyl (C=O) groups excluding carboxylic acids is 1. The van der Waals surface area contributed by atoms with Gasteiger partial charge in [-0.05, 0) is 18.6 Å². The number of nitrogens with one attached hydrogen (secondary N) is 1. The van der Waals surface area contributed by atoms with Gasteiger partial charge in [0.2, 0.25) is 5.91 Å². The van der Waals surface area contributed by atoms with Crippen LogP contribution >= 0.6 is 0 Å². The average molecular weight is 368 g/mol. The molecule has 1 heterocycles. The summed E-state index contributed by atoms with van der Waals surface area (Å²) in [7, 11) is 0. The molecule has 1 aliphatic rings. The van der Waals surface area contributed by atoms with Crippen LogP contribution in [0.25, 0.3) is 0 Å². The molecule has 0 unspecified atom stereocenters. The molecular formula is C20H24N4O3. The Morgan fingerprint density at radius 2 is 1.74 bits per heavy atom. The third kappa shape index (κ3) is 5.35. The van der Waals surface area contributed by atoms with E-state index >= 15 is 0 Å². The molecule has 2 aromatic carbocycles. The number of nitro groups is 1. The van der Waals surface area contributed by atoms with E-state index in [0.717, 1.165) is 32.7 Å². The molecule has 0 saturated carbocycles. The van der Waals surface area contributed by atoms with Gasteiger partial charge in [-0.25, -0.2) is 0 Å². The lowest BCUT2D eigenvalue weighted by Gasteiger charge is -2.34. The standard InChI is InChI=1S/C20H24N4O3/c1-16-7-8-18(13-19(16)24(26)27)21-20(25)15-23-11-9-22(10-12-23)14-17-5-3-2-4-6-17/h2-8,13H,9-12,14-15H2,1H3,(H,21,25). The Bertz CT molecular complexity index is 802. The molecule has 1 saturated heterocycles. The number of rotatable bonds is 6. The number of benzene rings is 2. The summed E-state index contributed by atoms with van der Waals surface area (Å²) in [5.41, 5.74) is 2.35. The van der Waals surface area contributed by atoms with E-state index in [1.165, 1.54) is 11.6 Å². The van der Waals surface area contributed by atoms with E-state index < -0.39 is 4.92 Å². The summed E-state index contributed by atoms with van der Waals surface area (Å²) in [6.45, 7) is 6.38. The summed E-state index contributed by atoms with van der Waals surface area (Å²) in [4.78, 5) is 27.4. The Hall–Kier alpha value is -2.77. The zero-order valence-corrected chi connectivity index (χ0v) is 15.4. The SMILES string of the molecule is Cc1ccc(NC(=O)CN2CCN(Cc3ccccc3)CC2)cc1[N+](=O)[O-]. The Labute approximate surface area is 158 Å². The van der Waals surface area contributed by atoms with E-state index in [1.54, 1.807) is 19.1 Å². The summed E-state index contributed by atoms with van der Waals surface area (Å²) in [6, 6.07) is 15.1. The Morgan fingerprint density at radius 3 is 2.41 bits per heavy atom. The van der Waals surface area contributed by atoms with Gasteiger partial charge in [0.15, 0.2) is 0 Å². The van der Waals surface area contributed by atoms with Gasteiger partial charge in [-0.1, -0.05) is 36.4 Å². The van der Waals surface area contributed by atoms with Crippen LogP contribution in [-0.2, 0) is 11.3 Å². The highest BCUT2D eigenvalue weighted by molar-refractivity contribution is 5.92. The molecular weight excluding hydrogens is 344 g/mol. The molecule has 0 spiro atoms. The molecule has 1 amide bonds. The van der Waals surface area contributed by atoms with Gasteiger partial charge in [0, 0.05) is 50.0 Å². The average Bonchev–Trinajstić information content (AvgIpc) is 2.65. The predicted octanol–water partition coefficient (Wildman–Crippen LogP) is 2.66. The smallest absolute Gasteiger partial charge is 0.274 e. The maximum atomic E-state index is 12.3. The lowest BCUT2D eigenvalue weighted by molar-refractivity contribution is -0.385. The van der Waals surface area contributed by atoms with Crippen molar-refractivity contribution in [3.63, 3.8) is 0 Å². The molecule has 142 valence electrons. The molecule has 0 aliphatic carbocycles. The van der Waals surface area contributed by atoms with E-state index in [-0.39, 0.29) is 11.6 Å². The minimum Gasteiger partial charge on any atom is -0.325 e. The van der Waals surface area contributed by atoms with E-state index in [4.69, 9.17) is 0 Å². The highest BCUT2D eigenvalue weighted by atomic mass is 16.6. The fraction of sp³-hybridized carbons (Fsp3) is 0.350. The van der Waals surface area contributed by atoms with Crippen LogP contribution in [-0.4, -0.2) is 53.4 Å². The Balaban J connectivity index is 1.47. The molecule has 1 fully saturated rings. The molecule has 0 bridgehead atoms. The summed E-state index contributed by atoms with van der Waals surface area (Å²) >= 11 is 0. The first-order chi connectivity index (χ1) is 13.0. The fourth-order valence-electron chi connectivity index (χ4n) is 3.23. The van der Waals surface area contributed by atoms with Gasteiger partial charge in [-0.3, -0.25) is 24.7 Å². The fourth-order valence-corrected chi connectivity index (χ4v) is 3.23. The number of amides is 1. The second-order valence-corrected chi connectivity index (χ2v) is 6.84. The van der Waals surface area contributed by atoms with Crippen molar-refractivity contribution >= 4 is 17.3 Å². The Morgan fingerprint density at radius 1 is 1.07 bits per heavy atom. The van der Waals surface area contributed by atoms with Crippen molar-refractivity contribution in [1.82, 2.24) is 9.80 Å². The van der Waals surface area contributed by atoms with Crippen LogP contribution in [0.5, 0.6) is 0 Å². The maximum absolute atomic E-state index is 12.3. The van der Waals surface area contributed by atoms with Gasteiger partial charge in [0.1, 0.15) is 0 Å². The minimum absolute atomic E-state index is 0.0160. The third-order valence-electron chi connectivity index (χ3n) is 4.77. The molecule has 2 aromatic rings. The molecule has 7 heteroatoms. The highest BCUT2D eigenvalue weighted by Gasteiger charge is 2.19. The van der Waals surface area contributed by atoms with Crippen molar-refractivity contribution < 1.29 is 9.72 Å². The largest absolute Gasteiger partial charge is 0.325 e. The number of nitro benzene ring substituents is 1. The summed E-state index contributed by atoms with van der Waals surface area (Å²) in [5, 5.41) is 13.8. The number of piperazine rings is 1. The number of anilines is 1. The summed E-state index contributed by atoms with van der Waals surface area (Å²) in [5.74, 6) is -0.148. The van der Waals surface area contributed by atoms with Gasteiger partial charge in [0.25, 0.3) is 5.69 Å². The zero-order chi connectivity index (χ0) is 19.2. The minimum atomic E-state index is -0.434. The van der Waals surface area contributed by atoms with Crippen molar-refractivity contribution in [2.45, 2.75) is 13.5 Å². The van der Waals surface area contributed by atoms with Crippen LogP contribution in [0.1, 0.15) is 11.1 Å². The second-order valence-electron chi connectivity index (χ2n) is 6.84. The first-order valence-corrected chi connectivity index (χ1v) is 9.05. The predicted molar refractivity (Wildman–Crippen MR) is 105 cm³/mol. The van der Waals surface area contributed by atoms with E-state index in [9.17, 15) is 14.9 Å². The van der Waals surface area contributed by atoms with Crippen molar-refractivity contribution in [3.05, 3.63) is 69.8 Å². The van der Waals surface area contributed by atoms with E-state index in [2.05, 4.69) is 27.2 Å². The van der Waals surface area contributed by atoms with Crippen LogP contribution in [0.15, 0.2) is 48.5 Å². The molecule has 27 heavy (non-hydrogen) atoms. The van der Waals surface area contributed by atoms with Gasteiger partial charge < -0.3 is 5.32 Å². The monoisotopic (exact) mass is 368 g/mol. The second kappa shape index (κ2) is 8.75. The Kier molecular flexibility index (Phi) is 6.16. The van der Waals surface area contributed by atoms with Crippen LogP contribution in [0.4, 0.5) is 11.4 Å². The molecule has 1 N–H and O–H groups in total. The summed E-state index contributed by atoms with van der Waals surface area (Å²) < 4.78 is 0. The zero-order valence-electron chi connectivity index (χ0n) is 15.4. The number of hydrogen-bond acceptors (Lipinski definition) is 5. The highest BCUT2D eigenvalue weighted by Crippen LogP contribution is 2.22. The summed E-state index contributed by atoms with van der Waals surface area (Å²) in [6.07, 6.45) is 0. The third-order valence-corrected chi connectivity index (χ3v) is 4.77. The lowest BCUT2D eigenvalue weighted by Crippen LogP contribution is -2.48.